The highest BCUT2D eigenvalue weighted by Gasteiger charge is 2.10. The van der Waals surface area contributed by atoms with Gasteiger partial charge in [-0.05, 0) is 36.3 Å². The maximum Gasteiger partial charge on any atom is 0.269 e. The maximum atomic E-state index is 13.1. The van der Waals surface area contributed by atoms with Crippen molar-refractivity contribution in [2.24, 2.45) is 0 Å². The predicted octanol–water partition coefficient (Wildman–Crippen LogP) is 2.43. The van der Waals surface area contributed by atoms with Crippen molar-refractivity contribution in [3.8, 4) is 12.1 Å². The summed E-state index contributed by atoms with van der Waals surface area (Å²) in [7, 11) is 0. The number of aryl methyl sites for hydroxylation is 1. The van der Waals surface area contributed by atoms with Crippen molar-refractivity contribution in [1.29, 1.82) is 10.5 Å². The third-order valence-electron chi connectivity index (χ3n) is 3.94. The highest BCUT2D eigenvalue weighted by atomic mass is 32.1. The number of rotatable bonds is 3. The van der Waals surface area contributed by atoms with Gasteiger partial charge in [0.25, 0.3) is 5.56 Å². The highest BCUT2D eigenvalue weighted by molar-refractivity contribution is 7.07. The van der Waals surface area contributed by atoms with Crippen LogP contribution in [0.25, 0.3) is 11.6 Å². The second-order valence-corrected chi connectivity index (χ2v) is 6.98. The van der Waals surface area contributed by atoms with Gasteiger partial charge in [0.2, 0.25) is 0 Å². The molecule has 132 valence electrons. The van der Waals surface area contributed by atoms with Crippen LogP contribution in [0.1, 0.15) is 16.7 Å². The summed E-state index contributed by atoms with van der Waals surface area (Å²) in [5.41, 5.74) is 2.22. The summed E-state index contributed by atoms with van der Waals surface area (Å²) in [5.74, 6) is -0.369. The van der Waals surface area contributed by atoms with E-state index >= 15 is 0 Å². The Morgan fingerprint density at radius 3 is 2.52 bits per heavy atom. The van der Waals surface area contributed by atoms with Crippen LogP contribution in [0, 0.1) is 35.4 Å². The number of hydrogen-bond acceptors (Lipinski definition) is 4. The van der Waals surface area contributed by atoms with Crippen LogP contribution in [0.3, 0.4) is 0 Å². The average molecular weight is 375 g/mol. The van der Waals surface area contributed by atoms with Gasteiger partial charge in [0.15, 0.2) is 5.57 Å². The molecule has 0 aliphatic carbocycles. The predicted molar refractivity (Wildman–Crippen MR) is 103 cm³/mol. The molecule has 0 amide bonds. The van der Waals surface area contributed by atoms with Crippen LogP contribution in [-0.4, -0.2) is 4.57 Å². The number of benzene rings is 2. The molecule has 0 unspecified atom stereocenters. The van der Waals surface area contributed by atoms with Crippen molar-refractivity contribution in [2.45, 2.75) is 13.5 Å². The van der Waals surface area contributed by atoms with Crippen molar-refractivity contribution in [2.75, 3.05) is 0 Å². The summed E-state index contributed by atoms with van der Waals surface area (Å²) in [6, 6.07) is 17.2. The molecule has 0 spiro atoms. The van der Waals surface area contributed by atoms with Crippen LogP contribution in [-0.2, 0) is 6.54 Å². The number of hydrogen-bond donors (Lipinski definition) is 0. The van der Waals surface area contributed by atoms with Crippen LogP contribution in [0.5, 0.6) is 0 Å². The Kier molecular flexibility index (Phi) is 5.30. The van der Waals surface area contributed by atoms with Crippen molar-refractivity contribution < 1.29 is 4.39 Å². The lowest BCUT2D eigenvalue weighted by Gasteiger charge is -2.02. The van der Waals surface area contributed by atoms with Crippen LogP contribution < -0.4 is 14.8 Å². The SMILES string of the molecule is Cc1cccc(C=c2sc(=C(C#N)C#N)n(Cc3ccc(F)cc3)c2=O)c1. The molecule has 0 bridgehead atoms. The Labute approximate surface area is 159 Å². The molecule has 0 radical (unpaired) electrons. The van der Waals surface area contributed by atoms with Gasteiger partial charge in [-0.3, -0.25) is 9.36 Å². The lowest BCUT2D eigenvalue weighted by molar-refractivity contribution is 0.626. The molecule has 4 nitrogen and oxygen atoms in total. The fourth-order valence-corrected chi connectivity index (χ4v) is 3.71. The third kappa shape index (κ3) is 4.03. The van der Waals surface area contributed by atoms with Crippen molar-refractivity contribution in [1.82, 2.24) is 4.57 Å². The van der Waals surface area contributed by atoms with E-state index in [4.69, 9.17) is 0 Å². The molecule has 3 rings (SSSR count). The van der Waals surface area contributed by atoms with Gasteiger partial charge < -0.3 is 0 Å². The van der Waals surface area contributed by atoms with Gasteiger partial charge >= 0.3 is 0 Å². The van der Waals surface area contributed by atoms with Crippen LogP contribution in [0.15, 0.2) is 53.3 Å². The number of nitrogens with zero attached hydrogens (tertiary/aromatic N) is 3. The number of aromatic nitrogens is 1. The van der Waals surface area contributed by atoms with Crippen LogP contribution in [0.2, 0.25) is 0 Å². The lowest BCUT2D eigenvalue weighted by atomic mass is 10.1. The van der Waals surface area contributed by atoms with Gasteiger partial charge in [-0.25, -0.2) is 4.39 Å². The number of thiazole rings is 1. The fraction of sp³-hybridized carbons (Fsp3) is 0.0952. The quantitative estimate of drug-likeness (QED) is 0.706. The monoisotopic (exact) mass is 375 g/mol. The Morgan fingerprint density at radius 1 is 1.19 bits per heavy atom. The van der Waals surface area contributed by atoms with Gasteiger partial charge in [0, 0.05) is 0 Å². The minimum Gasteiger partial charge on any atom is -0.293 e. The smallest absolute Gasteiger partial charge is 0.269 e. The van der Waals surface area contributed by atoms with E-state index < -0.39 is 0 Å². The van der Waals surface area contributed by atoms with Gasteiger partial charge in [0.1, 0.15) is 22.6 Å². The Hall–Kier alpha value is -3.48. The molecule has 3 aromatic rings. The summed E-state index contributed by atoms with van der Waals surface area (Å²) < 4.78 is 15.3. The molecular formula is C21H14FN3OS. The summed E-state index contributed by atoms with van der Waals surface area (Å²) >= 11 is 1.11. The molecule has 2 aromatic carbocycles. The van der Waals surface area contributed by atoms with E-state index in [1.54, 1.807) is 18.2 Å². The largest absolute Gasteiger partial charge is 0.293 e. The summed E-state index contributed by atoms with van der Waals surface area (Å²) in [6.45, 7) is 2.11. The molecule has 6 heteroatoms. The summed E-state index contributed by atoms with van der Waals surface area (Å²) in [4.78, 5) is 12.9. The molecule has 0 saturated heterocycles. The van der Waals surface area contributed by atoms with Crippen LogP contribution >= 0.6 is 11.3 Å². The van der Waals surface area contributed by atoms with E-state index in [0.29, 0.717) is 14.8 Å². The molecule has 0 aliphatic heterocycles. The second-order valence-electron chi connectivity index (χ2n) is 5.95. The Bertz CT molecular complexity index is 1240. The second kappa shape index (κ2) is 7.82. The minimum atomic E-state index is -0.369. The van der Waals surface area contributed by atoms with Gasteiger partial charge in [0.05, 0.1) is 11.1 Å². The zero-order valence-electron chi connectivity index (χ0n) is 14.4. The van der Waals surface area contributed by atoms with Gasteiger partial charge in [-0.2, -0.15) is 10.5 Å². The fourth-order valence-electron chi connectivity index (χ4n) is 2.65. The Morgan fingerprint density at radius 2 is 1.89 bits per heavy atom. The molecule has 27 heavy (non-hydrogen) atoms. The average Bonchev–Trinajstić information content (AvgIpc) is 2.94. The Balaban J connectivity index is 2.23. The molecule has 0 saturated carbocycles. The van der Waals surface area contributed by atoms with Gasteiger partial charge in [-0.1, -0.05) is 42.0 Å². The number of halogens is 1. The van der Waals surface area contributed by atoms with E-state index in [1.807, 2.05) is 43.3 Å². The molecule has 0 atom stereocenters. The summed E-state index contributed by atoms with van der Waals surface area (Å²) in [5, 5.41) is 18.5. The van der Waals surface area contributed by atoms with Crippen molar-refractivity contribution >= 4 is 23.0 Å². The minimum absolute atomic E-state index is 0.122. The molecule has 0 N–H and O–H groups in total. The standard InChI is InChI=1S/C21H14FN3OS/c1-14-3-2-4-16(9-14)10-19-20(26)25(21(27-19)17(11-23)12-24)13-15-5-7-18(22)8-6-15/h2-10H,13H2,1H3. The van der Waals surface area contributed by atoms with Crippen LogP contribution in [0.4, 0.5) is 4.39 Å². The normalized spacial score (nSPS) is 11.0. The first-order valence-corrected chi connectivity index (χ1v) is 8.90. The van der Waals surface area contributed by atoms with E-state index in [2.05, 4.69) is 0 Å². The maximum absolute atomic E-state index is 13.1. The zero-order chi connectivity index (χ0) is 19.4. The molecule has 1 heterocycles. The molecule has 1 aromatic heterocycles. The first kappa shape index (κ1) is 18.3. The highest BCUT2D eigenvalue weighted by Crippen LogP contribution is 2.05. The van der Waals surface area contributed by atoms with E-state index in [9.17, 15) is 19.7 Å². The van der Waals surface area contributed by atoms with Crippen molar-refractivity contribution in [3.05, 3.63) is 90.6 Å². The van der Waals surface area contributed by atoms with E-state index in [1.165, 1.54) is 16.7 Å². The first-order chi connectivity index (χ1) is 13.0. The summed E-state index contributed by atoms with van der Waals surface area (Å²) in [6.07, 6.45) is 1.75. The molecular weight excluding hydrogens is 361 g/mol. The van der Waals surface area contributed by atoms with Crippen molar-refractivity contribution in [3.63, 3.8) is 0 Å². The lowest BCUT2D eigenvalue weighted by Crippen LogP contribution is -2.32. The zero-order valence-corrected chi connectivity index (χ0v) is 15.3. The number of nitriles is 2. The molecule has 0 aliphatic rings. The topological polar surface area (TPSA) is 69.6 Å². The molecule has 0 fully saturated rings. The first-order valence-electron chi connectivity index (χ1n) is 8.09. The third-order valence-corrected chi connectivity index (χ3v) is 5.07. The van der Waals surface area contributed by atoms with E-state index in [-0.39, 0.29) is 23.5 Å². The van der Waals surface area contributed by atoms with Gasteiger partial charge in [-0.15, -0.1) is 11.3 Å². The van der Waals surface area contributed by atoms with E-state index in [0.717, 1.165) is 22.5 Å².